The van der Waals surface area contributed by atoms with Crippen molar-refractivity contribution in [3.05, 3.63) is 17.5 Å². The fraction of sp³-hybridized carbons (Fsp3) is 0.800. The molecule has 0 bridgehead atoms. The molecule has 1 amide bonds. The molecule has 2 fully saturated rings. The van der Waals surface area contributed by atoms with Crippen LogP contribution >= 0.6 is 0 Å². The van der Waals surface area contributed by atoms with Crippen LogP contribution in [0.2, 0.25) is 0 Å². The predicted molar refractivity (Wildman–Crippen MR) is 101 cm³/mol. The zero-order valence-electron chi connectivity index (χ0n) is 16.2. The fourth-order valence-electron chi connectivity index (χ4n) is 3.90. The number of piperazine rings is 1. The van der Waals surface area contributed by atoms with Crippen molar-refractivity contribution in [3.8, 4) is 0 Å². The molecule has 0 spiro atoms. The van der Waals surface area contributed by atoms with E-state index in [1.165, 1.54) is 38.5 Å². The Morgan fingerprint density at radius 1 is 1.16 bits per heavy atom. The minimum absolute atomic E-state index is 0.0915. The Kier molecular flexibility index (Phi) is 5.82. The highest BCUT2D eigenvalue weighted by Crippen LogP contribution is 2.31. The maximum Gasteiger partial charge on any atom is 0.274 e. The van der Waals surface area contributed by atoms with Crippen LogP contribution in [-0.4, -0.2) is 58.6 Å². The van der Waals surface area contributed by atoms with Crippen LogP contribution in [0, 0.1) is 5.41 Å². The van der Waals surface area contributed by atoms with Crippen LogP contribution in [0.1, 0.15) is 81.4 Å². The van der Waals surface area contributed by atoms with Crippen LogP contribution in [0.25, 0.3) is 0 Å². The second kappa shape index (κ2) is 7.90. The molecule has 5 heteroatoms. The van der Waals surface area contributed by atoms with Crippen molar-refractivity contribution in [3.63, 3.8) is 0 Å². The van der Waals surface area contributed by atoms with Gasteiger partial charge in [-0.15, -0.1) is 0 Å². The minimum Gasteiger partial charge on any atom is -0.335 e. The van der Waals surface area contributed by atoms with Gasteiger partial charge in [0.2, 0.25) is 0 Å². The third kappa shape index (κ3) is 5.06. The summed E-state index contributed by atoms with van der Waals surface area (Å²) in [5, 5.41) is 7.46. The van der Waals surface area contributed by atoms with Gasteiger partial charge in [0.1, 0.15) is 5.69 Å². The molecule has 1 saturated carbocycles. The van der Waals surface area contributed by atoms with E-state index in [1.807, 2.05) is 11.0 Å². The normalized spacial score (nSPS) is 20.8. The molecule has 25 heavy (non-hydrogen) atoms. The molecular formula is C20H34N4O. The number of carbonyl (C=O) groups excluding carboxylic acids is 1. The highest BCUT2D eigenvalue weighted by Gasteiger charge is 2.26. The molecule has 1 N–H and O–H groups in total. The average Bonchev–Trinajstić information content (AvgIpc) is 3.10. The zero-order valence-corrected chi connectivity index (χ0v) is 16.2. The largest absolute Gasteiger partial charge is 0.335 e. The number of aromatic amines is 1. The molecule has 1 aromatic rings. The Labute approximate surface area is 152 Å². The minimum atomic E-state index is 0.0915. The van der Waals surface area contributed by atoms with E-state index >= 15 is 0 Å². The first-order valence-corrected chi connectivity index (χ1v) is 9.99. The van der Waals surface area contributed by atoms with Crippen molar-refractivity contribution in [2.45, 2.75) is 65.2 Å². The molecule has 0 aromatic carbocycles. The van der Waals surface area contributed by atoms with Crippen LogP contribution in [0.3, 0.4) is 0 Å². The number of nitrogens with one attached hydrogen (secondary N) is 1. The summed E-state index contributed by atoms with van der Waals surface area (Å²) in [6.07, 6.45) is 7.58. The summed E-state index contributed by atoms with van der Waals surface area (Å²) in [5.41, 5.74) is 2.13. The Morgan fingerprint density at radius 2 is 1.84 bits per heavy atom. The molecule has 1 aliphatic carbocycles. The number of hydrogen-bond acceptors (Lipinski definition) is 3. The first kappa shape index (κ1) is 18.4. The van der Waals surface area contributed by atoms with Gasteiger partial charge in [0.25, 0.3) is 5.91 Å². The standard InChI is InChI=1S/C20H34N4O/c1-20(2,3)9-10-23-11-13-24(14-12-23)19(25)18-15-17(21-22-18)16-7-5-4-6-8-16/h15-16H,4-14H2,1-3H3,(H,21,22). The van der Waals surface area contributed by atoms with Gasteiger partial charge in [0.05, 0.1) is 0 Å². The second-order valence-corrected chi connectivity index (χ2v) is 8.99. The van der Waals surface area contributed by atoms with Crippen LogP contribution in [0.15, 0.2) is 6.07 Å². The highest BCUT2D eigenvalue weighted by molar-refractivity contribution is 5.92. The summed E-state index contributed by atoms with van der Waals surface area (Å²) in [7, 11) is 0. The molecule has 3 rings (SSSR count). The summed E-state index contributed by atoms with van der Waals surface area (Å²) in [6.45, 7) is 11.6. The number of aromatic nitrogens is 2. The van der Waals surface area contributed by atoms with Crippen molar-refractivity contribution < 1.29 is 4.79 Å². The van der Waals surface area contributed by atoms with Gasteiger partial charge < -0.3 is 4.90 Å². The van der Waals surface area contributed by atoms with Gasteiger partial charge in [0.15, 0.2) is 0 Å². The monoisotopic (exact) mass is 346 g/mol. The molecule has 2 aliphatic rings. The topological polar surface area (TPSA) is 52.2 Å². The smallest absolute Gasteiger partial charge is 0.274 e. The van der Waals surface area contributed by atoms with E-state index in [0.717, 1.165) is 38.4 Å². The molecule has 5 nitrogen and oxygen atoms in total. The van der Waals surface area contributed by atoms with E-state index in [4.69, 9.17) is 0 Å². The molecule has 0 unspecified atom stereocenters. The first-order chi connectivity index (χ1) is 11.9. The van der Waals surface area contributed by atoms with Crippen LogP contribution < -0.4 is 0 Å². The van der Waals surface area contributed by atoms with E-state index in [9.17, 15) is 4.79 Å². The lowest BCUT2D eigenvalue weighted by molar-refractivity contribution is 0.0617. The first-order valence-electron chi connectivity index (χ1n) is 9.99. The number of H-pyrrole nitrogens is 1. The third-order valence-electron chi connectivity index (χ3n) is 5.70. The maximum atomic E-state index is 12.7. The van der Waals surface area contributed by atoms with E-state index in [2.05, 4.69) is 35.9 Å². The van der Waals surface area contributed by atoms with Gasteiger partial charge in [-0.1, -0.05) is 40.0 Å². The van der Waals surface area contributed by atoms with E-state index in [0.29, 0.717) is 17.0 Å². The lowest BCUT2D eigenvalue weighted by Crippen LogP contribution is -2.49. The van der Waals surface area contributed by atoms with Gasteiger partial charge in [-0.2, -0.15) is 5.10 Å². The summed E-state index contributed by atoms with van der Waals surface area (Å²) >= 11 is 0. The number of hydrogen-bond donors (Lipinski definition) is 1. The van der Waals surface area contributed by atoms with Crippen LogP contribution in [0.5, 0.6) is 0 Å². The summed E-state index contributed by atoms with van der Waals surface area (Å²) in [4.78, 5) is 17.2. The Hall–Kier alpha value is -1.36. The molecule has 1 aromatic heterocycles. The number of nitrogens with zero attached hydrogens (tertiary/aromatic N) is 3. The second-order valence-electron chi connectivity index (χ2n) is 8.99. The highest BCUT2D eigenvalue weighted by atomic mass is 16.2. The predicted octanol–water partition coefficient (Wildman–Crippen LogP) is 3.65. The van der Waals surface area contributed by atoms with Crippen LogP contribution in [0.4, 0.5) is 0 Å². The van der Waals surface area contributed by atoms with Gasteiger partial charge in [-0.3, -0.25) is 14.8 Å². The lowest BCUT2D eigenvalue weighted by Gasteiger charge is -2.35. The zero-order chi connectivity index (χ0) is 17.9. The molecular weight excluding hydrogens is 312 g/mol. The van der Waals surface area contributed by atoms with E-state index in [-0.39, 0.29) is 5.91 Å². The average molecular weight is 347 g/mol. The van der Waals surface area contributed by atoms with Crippen molar-refractivity contribution in [2.75, 3.05) is 32.7 Å². The molecule has 0 atom stereocenters. The van der Waals surface area contributed by atoms with Gasteiger partial charge >= 0.3 is 0 Å². The van der Waals surface area contributed by atoms with Crippen molar-refractivity contribution in [1.82, 2.24) is 20.0 Å². The number of carbonyl (C=O) groups is 1. The van der Waals surface area contributed by atoms with Gasteiger partial charge in [0, 0.05) is 37.8 Å². The van der Waals surface area contributed by atoms with Crippen molar-refractivity contribution >= 4 is 5.91 Å². The summed E-state index contributed by atoms with van der Waals surface area (Å²) in [6, 6.07) is 2.00. The fourth-order valence-corrected chi connectivity index (χ4v) is 3.90. The maximum absolute atomic E-state index is 12.7. The van der Waals surface area contributed by atoms with Gasteiger partial charge in [-0.05, 0) is 37.3 Å². The number of rotatable bonds is 4. The Balaban J connectivity index is 1.50. The Morgan fingerprint density at radius 3 is 2.48 bits per heavy atom. The SMILES string of the molecule is CC(C)(C)CCN1CCN(C(=O)c2cc(C3CCCCC3)[nH]n2)CC1. The van der Waals surface area contributed by atoms with Crippen molar-refractivity contribution in [2.24, 2.45) is 5.41 Å². The molecule has 1 aliphatic heterocycles. The van der Waals surface area contributed by atoms with Crippen LogP contribution in [-0.2, 0) is 0 Å². The third-order valence-corrected chi connectivity index (χ3v) is 5.70. The quantitative estimate of drug-likeness (QED) is 0.905. The Bertz CT molecular complexity index is 560. The molecule has 2 heterocycles. The summed E-state index contributed by atoms with van der Waals surface area (Å²) in [5.74, 6) is 0.658. The van der Waals surface area contributed by atoms with Crippen molar-refractivity contribution in [1.29, 1.82) is 0 Å². The molecule has 1 saturated heterocycles. The summed E-state index contributed by atoms with van der Waals surface area (Å²) < 4.78 is 0. The van der Waals surface area contributed by atoms with E-state index in [1.54, 1.807) is 0 Å². The van der Waals surface area contributed by atoms with E-state index < -0.39 is 0 Å². The van der Waals surface area contributed by atoms with Gasteiger partial charge in [-0.25, -0.2) is 0 Å². The lowest BCUT2D eigenvalue weighted by atomic mass is 9.87. The number of amides is 1. The molecule has 140 valence electrons. The molecule has 0 radical (unpaired) electrons.